The average molecular weight is 885 g/mol. The quantitative estimate of drug-likeness (QED) is 0.0158. The molecule has 1 saturated carbocycles. The second-order valence-corrected chi connectivity index (χ2v) is 18.3. The van der Waals surface area contributed by atoms with E-state index in [1.165, 1.54) is 32.1 Å². The summed E-state index contributed by atoms with van der Waals surface area (Å²) in [5, 5.41) is 30.4. The third-order valence-corrected chi connectivity index (χ3v) is 11.7. The average Bonchev–Trinajstić information content (AvgIpc) is 3.45. The van der Waals surface area contributed by atoms with Crippen molar-refractivity contribution in [2.75, 3.05) is 26.4 Å². The molecule has 1 aliphatic carbocycles. The number of carbonyl (C=O) groups excluding carboxylic acids is 3. The Bertz CT molecular complexity index is 1320. The highest BCUT2D eigenvalue weighted by Gasteiger charge is 2.39. The minimum Gasteiger partial charge on any atom is -0.462 e. The monoisotopic (exact) mass is 884 g/mol. The predicted octanol–water partition coefficient (Wildman–Crippen LogP) is 7.17. The molecule has 0 aromatic rings. The Balaban J connectivity index is 2.61. The van der Waals surface area contributed by atoms with Gasteiger partial charge in [-0.3, -0.25) is 28.0 Å². The van der Waals surface area contributed by atoms with Crippen LogP contribution in [-0.2, 0) is 46.6 Å². The molecule has 0 heterocycles. The van der Waals surface area contributed by atoms with Gasteiger partial charge in [0.25, 0.3) is 0 Å². The fraction of sp³-hybridized carbons (Fsp3) is 0.829. The number of ether oxygens (including phenoxy) is 2. The van der Waals surface area contributed by atoms with E-state index in [0.717, 1.165) is 50.9 Å². The minimum atomic E-state index is -4.90. The maximum atomic E-state index is 12.7. The summed E-state index contributed by atoms with van der Waals surface area (Å²) in [6.45, 7) is 3.62. The normalized spacial score (nSPS) is 20.5. The van der Waals surface area contributed by atoms with E-state index >= 15 is 0 Å². The first kappa shape index (κ1) is 55.2. The van der Waals surface area contributed by atoms with Crippen LogP contribution >= 0.6 is 15.6 Å². The Hall–Kier alpha value is -1.81. The molecule has 1 fully saturated rings. The minimum absolute atomic E-state index is 0.0497. The Kier molecular flexibility index (Phi) is 29.9. The van der Waals surface area contributed by atoms with Crippen molar-refractivity contribution in [2.24, 2.45) is 17.8 Å². The first-order valence-corrected chi connectivity index (χ1v) is 24.6. The van der Waals surface area contributed by atoms with Gasteiger partial charge in [0.1, 0.15) is 18.5 Å². The second kappa shape index (κ2) is 32.0. The number of aliphatic hydroxyl groups is 3. The highest BCUT2D eigenvalue weighted by Crippen LogP contribution is 2.44. The van der Waals surface area contributed by atoms with Gasteiger partial charge in [-0.15, -0.1) is 0 Å². The van der Waals surface area contributed by atoms with Crippen molar-refractivity contribution < 1.29 is 76.6 Å². The summed E-state index contributed by atoms with van der Waals surface area (Å²) in [5.41, 5.74) is 0. The number of unbranched alkanes of at least 4 members (excludes halogenated alkanes) is 10. The number of ketones is 1. The van der Waals surface area contributed by atoms with E-state index in [-0.39, 0.29) is 25.0 Å². The molecule has 0 aromatic carbocycles. The number of aliphatic hydroxyl groups excluding tert-OH is 3. The Morgan fingerprint density at radius 2 is 1.39 bits per heavy atom. The SMILES string of the molecule is CCCCC[C@H](O)/C=C/[C@H]1[C@H](O)CC(=O)[C@@H]1C/C=C\CCCC(=O)O[C@H](COC(=O)CCCCCCCCCCC(C)CC)COP(=O)(O)OC[C@@H](O)COP(=O)(O)O. The molecule has 18 heteroatoms. The van der Waals surface area contributed by atoms with Crippen molar-refractivity contribution in [3.8, 4) is 0 Å². The van der Waals surface area contributed by atoms with Crippen LogP contribution in [0.5, 0.6) is 0 Å². The summed E-state index contributed by atoms with van der Waals surface area (Å²) < 4.78 is 47.7. The molecule has 0 aliphatic heterocycles. The molecule has 8 atom stereocenters. The van der Waals surface area contributed by atoms with E-state index in [2.05, 4.69) is 29.8 Å². The maximum absolute atomic E-state index is 12.7. The van der Waals surface area contributed by atoms with Crippen LogP contribution in [0.2, 0.25) is 0 Å². The number of carbonyl (C=O) groups is 3. The Labute approximate surface area is 351 Å². The second-order valence-electron chi connectivity index (χ2n) is 15.6. The molecule has 0 spiro atoms. The van der Waals surface area contributed by atoms with E-state index < -0.39 is 90.3 Å². The van der Waals surface area contributed by atoms with Crippen molar-refractivity contribution in [3.63, 3.8) is 0 Å². The van der Waals surface area contributed by atoms with Crippen LogP contribution < -0.4 is 0 Å². The smallest absolute Gasteiger partial charge is 0.462 e. The van der Waals surface area contributed by atoms with Crippen molar-refractivity contribution in [1.29, 1.82) is 0 Å². The number of phosphoric acid groups is 2. The molecular weight excluding hydrogens is 810 g/mol. The largest absolute Gasteiger partial charge is 0.472 e. The maximum Gasteiger partial charge on any atom is 0.472 e. The van der Waals surface area contributed by atoms with E-state index in [0.29, 0.717) is 32.1 Å². The summed E-state index contributed by atoms with van der Waals surface area (Å²) in [6.07, 6.45) is 18.4. The summed E-state index contributed by atoms with van der Waals surface area (Å²) in [5.74, 6) is -1.32. The van der Waals surface area contributed by atoms with E-state index in [1.54, 1.807) is 12.2 Å². The highest BCUT2D eigenvalue weighted by atomic mass is 31.2. The molecule has 1 aliphatic rings. The van der Waals surface area contributed by atoms with Crippen LogP contribution in [0.4, 0.5) is 0 Å². The molecule has 1 rings (SSSR count). The first-order valence-electron chi connectivity index (χ1n) is 21.5. The van der Waals surface area contributed by atoms with Crippen LogP contribution in [0.15, 0.2) is 24.3 Å². The van der Waals surface area contributed by atoms with E-state index in [4.69, 9.17) is 23.8 Å². The van der Waals surface area contributed by atoms with Crippen molar-refractivity contribution in [2.45, 2.75) is 174 Å². The summed E-state index contributed by atoms with van der Waals surface area (Å²) in [6, 6.07) is 0. The summed E-state index contributed by atoms with van der Waals surface area (Å²) >= 11 is 0. The Morgan fingerprint density at radius 3 is 2.05 bits per heavy atom. The van der Waals surface area contributed by atoms with E-state index in [9.17, 15) is 43.7 Å². The zero-order valence-corrected chi connectivity index (χ0v) is 37.3. The van der Waals surface area contributed by atoms with Crippen molar-refractivity contribution in [1.82, 2.24) is 0 Å². The fourth-order valence-electron chi connectivity index (χ4n) is 6.48. The number of Topliss-reactive ketones (excluding diaryl/α,β-unsaturated/α-hetero) is 1. The lowest BCUT2D eigenvalue weighted by Crippen LogP contribution is -2.29. The lowest BCUT2D eigenvalue weighted by atomic mass is 9.90. The van der Waals surface area contributed by atoms with Crippen LogP contribution in [0.3, 0.4) is 0 Å². The van der Waals surface area contributed by atoms with Gasteiger partial charge in [0.05, 0.1) is 32.0 Å². The number of hydrogen-bond acceptors (Lipinski definition) is 13. The van der Waals surface area contributed by atoms with Crippen LogP contribution in [0, 0.1) is 17.8 Å². The molecule has 0 bridgehead atoms. The zero-order valence-electron chi connectivity index (χ0n) is 35.5. The molecule has 0 aromatic heterocycles. The number of allylic oxidation sites excluding steroid dienone is 2. The molecule has 344 valence electrons. The third-order valence-electron chi connectivity index (χ3n) is 10.2. The van der Waals surface area contributed by atoms with Gasteiger partial charge in [-0.1, -0.05) is 122 Å². The van der Waals surface area contributed by atoms with Gasteiger partial charge >= 0.3 is 27.6 Å². The van der Waals surface area contributed by atoms with Gasteiger partial charge in [-0.25, -0.2) is 9.13 Å². The van der Waals surface area contributed by atoms with Gasteiger partial charge < -0.3 is 39.5 Å². The number of esters is 2. The molecule has 16 nitrogen and oxygen atoms in total. The molecule has 6 N–H and O–H groups in total. The Morgan fingerprint density at radius 1 is 0.780 bits per heavy atom. The molecule has 0 saturated heterocycles. The number of rotatable bonds is 36. The van der Waals surface area contributed by atoms with Crippen LogP contribution in [0.25, 0.3) is 0 Å². The van der Waals surface area contributed by atoms with Crippen molar-refractivity contribution in [3.05, 3.63) is 24.3 Å². The predicted molar refractivity (Wildman–Crippen MR) is 222 cm³/mol. The summed E-state index contributed by atoms with van der Waals surface area (Å²) in [7, 11) is -9.77. The van der Waals surface area contributed by atoms with Gasteiger partial charge in [-0.2, -0.15) is 0 Å². The van der Waals surface area contributed by atoms with Crippen LogP contribution in [0.1, 0.15) is 149 Å². The number of phosphoric ester groups is 2. The van der Waals surface area contributed by atoms with E-state index in [1.807, 2.05) is 12.2 Å². The molecule has 59 heavy (non-hydrogen) atoms. The third kappa shape index (κ3) is 29.2. The first-order chi connectivity index (χ1) is 28.0. The standard InChI is InChI=1S/C41H74O16P2/c1-4-6-15-21-33(42)25-26-37-36(38(44)27-39(37)45)22-17-13-14-19-24-41(47)57-35(31-56-59(51,52)55-29-34(43)28-54-58(48,49)50)30-53-40(46)23-18-12-10-8-7-9-11-16-20-32(3)5-2/h13,17,25-26,32-37,39,42-43,45H,4-12,14-16,18-24,27-31H2,1-3H3,(H,51,52)(H2,48,49,50)/b17-13-,26-25+/t32?,33-,34-,35+,36+,37+,39+/m0/s1. The van der Waals surface area contributed by atoms with Gasteiger partial charge in [0, 0.05) is 31.1 Å². The molecule has 2 unspecified atom stereocenters. The van der Waals surface area contributed by atoms with Gasteiger partial charge in [0.15, 0.2) is 6.10 Å². The fourth-order valence-corrected chi connectivity index (χ4v) is 7.64. The van der Waals surface area contributed by atoms with Crippen LogP contribution in [-0.4, -0.2) is 98.6 Å². The molecule has 0 amide bonds. The lowest BCUT2D eigenvalue weighted by molar-refractivity contribution is -0.161. The highest BCUT2D eigenvalue weighted by molar-refractivity contribution is 7.47. The van der Waals surface area contributed by atoms with Gasteiger partial charge in [-0.05, 0) is 38.0 Å². The molecular formula is C41H74O16P2. The van der Waals surface area contributed by atoms with Crippen molar-refractivity contribution >= 4 is 33.4 Å². The summed E-state index contributed by atoms with van der Waals surface area (Å²) in [4.78, 5) is 65.4. The lowest BCUT2D eigenvalue weighted by Gasteiger charge is -2.20. The topological polar surface area (TPSA) is 253 Å². The molecule has 0 radical (unpaired) electrons. The zero-order chi connectivity index (χ0) is 44.1. The van der Waals surface area contributed by atoms with Gasteiger partial charge in [0.2, 0.25) is 0 Å². The number of hydrogen-bond donors (Lipinski definition) is 6.